The van der Waals surface area contributed by atoms with Crippen LogP contribution in [0.1, 0.15) is 57.8 Å². The van der Waals surface area contributed by atoms with E-state index in [1.807, 2.05) is 19.9 Å². The Kier molecular flexibility index (Phi) is 8.38. The third-order valence-electron chi connectivity index (χ3n) is 4.53. The smallest absolute Gasteiger partial charge is 0.328 e. The number of aromatic nitrogens is 1. The van der Waals surface area contributed by atoms with Crippen molar-refractivity contribution in [1.29, 1.82) is 0 Å². The minimum Gasteiger partial charge on any atom is -0.467 e. The van der Waals surface area contributed by atoms with Crippen molar-refractivity contribution in [2.75, 3.05) is 18.6 Å². The summed E-state index contributed by atoms with van der Waals surface area (Å²) in [6.07, 6.45) is 3.12. The second-order valence-electron chi connectivity index (χ2n) is 6.34. The van der Waals surface area contributed by atoms with Crippen LogP contribution in [0.5, 0.6) is 0 Å². The fourth-order valence-electron chi connectivity index (χ4n) is 2.96. The van der Waals surface area contributed by atoms with Crippen molar-refractivity contribution in [3.63, 3.8) is 0 Å². The van der Waals surface area contributed by atoms with Crippen LogP contribution in [0.4, 0.5) is 5.82 Å². The maximum Gasteiger partial charge on any atom is 0.328 e. The second-order valence-corrected chi connectivity index (χ2v) is 6.34. The number of anilines is 1. The van der Waals surface area contributed by atoms with Crippen LogP contribution < -0.4 is 10.2 Å². The Morgan fingerprint density at radius 3 is 2.24 bits per heavy atom. The zero-order valence-corrected chi connectivity index (χ0v) is 16.2. The van der Waals surface area contributed by atoms with E-state index in [-0.39, 0.29) is 11.8 Å². The summed E-state index contributed by atoms with van der Waals surface area (Å²) in [5.74, 6) is 0.149. The predicted molar refractivity (Wildman–Crippen MR) is 99.7 cm³/mol. The van der Waals surface area contributed by atoms with Crippen molar-refractivity contribution in [2.45, 2.75) is 59.5 Å². The molecule has 0 radical (unpaired) electrons. The van der Waals surface area contributed by atoms with Crippen LogP contribution in [0.3, 0.4) is 0 Å². The lowest BCUT2D eigenvalue weighted by atomic mass is 9.94. The molecule has 1 atom stereocenters. The lowest BCUT2D eigenvalue weighted by Crippen LogP contribution is -2.46. The van der Waals surface area contributed by atoms with Gasteiger partial charge in [-0.3, -0.25) is 4.79 Å². The molecule has 1 rings (SSSR count). The molecule has 1 N–H and O–H groups in total. The van der Waals surface area contributed by atoms with E-state index in [9.17, 15) is 9.59 Å². The summed E-state index contributed by atoms with van der Waals surface area (Å²) < 4.78 is 4.85. The van der Waals surface area contributed by atoms with Crippen LogP contribution >= 0.6 is 0 Å². The molecule has 140 valence electrons. The fourth-order valence-corrected chi connectivity index (χ4v) is 2.96. The number of carbonyl (C=O) groups is 2. The monoisotopic (exact) mass is 349 g/mol. The molecule has 0 aliphatic carbocycles. The number of esters is 1. The average Bonchev–Trinajstić information content (AvgIpc) is 2.61. The molecule has 1 amide bonds. The number of hydrogen-bond acceptors (Lipinski definition) is 5. The SMILES string of the molecule is CCC(CC)C(NC(=O)c1ccc(N(CC)C(C)C)nc1)C(=O)OC. The Morgan fingerprint density at radius 1 is 1.20 bits per heavy atom. The largest absolute Gasteiger partial charge is 0.467 e. The summed E-state index contributed by atoms with van der Waals surface area (Å²) in [4.78, 5) is 31.1. The normalized spacial score (nSPS) is 12.2. The highest BCUT2D eigenvalue weighted by molar-refractivity contribution is 5.96. The number of methoxy groups -OCH3 is 1. The third kappa shape index (κ3) is 5.44. The maximum atomic E-state index is 12.5. The topological polar surface area (TPSA) is 71.5 Å². The van der Waals surface area contributed by atoms with E-state index in [1.165, 1.54) is 7.11 Å². The number of amides is 1. The van der Waals surface area contributed by atoms with Gasteiger partial charge >= 0.3 is 5.97 Å². The van der Waals surface area contributed by atoms with E-state index in [4.69, 9.17) is 4.74 Å². The molecule has 0 fully saturated rings. The molecule has 1 aromatic rings. The third-order valence-corrected chi connectivity index (χ3v) is 4.53. The van der Waals surface area contributed by atoms with Crippen molar-refractivity contribution in [3.05, 3.63) is 23.9 Å². The van der Waals surface area contributed by atoms with Gasteiger partial charge in [0.15, 0.2) is 0 Å². The molecular weight excluding hydrogens is 318 g/mol. The highest BCUT2D eigenvalue weighted by Crippen LogP contribution is 2.17. The highest BCUT2D eigenvalue weighted by atomic mass is 16.5. The molecule has 25 heavy (non-hydrogen) atoms. The molecule has 1 aromatic heterocycles. The van der Waals surface area contributed by atoms with Gasteiger partial charge in [0, 0.05) is 18.8 Å². The van der Waals surface area contributed by atoms with Gasteiger partial charge < -0.3 is 15.0 Å². The standard InChI is InChI=1S/C19H31N3O3/c1-7-14(8-2)17(19(24)25-6)21-18(23)15-10-11-16(20-12-15)22(9-3)13(4)5/h10-14,17H,7-9H2,1-6H3,(H,21,23). The predicted octanol–water partition coefficient (Wildman–Crippen LogP) is 3.02. The van der Waals surface area contributed by atoms with E-state index in [2.05, 4.69) is 36.0 Å². The van der Waals surface area contributed by atoms with Crippen molar-refractivity contribution >= 4 is 17.7 Å². The van der Waals surface area contributed by atoms with Crippen LogP contribution in [0.15, 0.2) is 18.3 Å². The minimum atomic E-state index is -0.644. The number of nitrogens with zero attached hydrogens (tertiary/aromatic N) is 2. The zero-order valence-electron chi connectivity index (χ0n) is 16.2. The van der Waals surface area contributed by atoms with Crippen molar-refractivity contribution < 1.29 is 14.3 Å². The van der Waals surface area contributed by atoms with Gasteiger partial charge in [-0.15, -0.1) is 0 Å². The molecular formula is C19H31N3O3. The first-order valence-electron chi connectivity index (χ1n) is 9.00. The van der Waals surface area contributed by atoms with Gasteiger partial charge in [-0.25, -0.2) is 9.78 Å². The summed E-state index contributed by atoms with van der Waals surface area (Å²) in [5, 5.41) is 2.80. The number of hydrogen-bond donors (Lipinski definition) is 1. The molecule has 0 aliphatic heterocycles. The second kappa shape index (κ2) is 10.0. The maximum absolute atomic E-state index is 12.5. The van der Waals surface area contributed by atoms with Gasteiger partial charge in [-0.1, -0.05) is 26.7 Å². The molecule has 6 heteroatoms. The van der Waals surface area contributed by atoms with Crippen LogP contribution in [0.25, 0.3) is 0 Å². The van der Waals surface area contributed by atoms with E-state index >= 15 is 0 Å². The molecule has 0 saturated heterocycles. The molecule has 0 aliphatic rings. The molecule has 0 bridgehead atoms. The zero-order chi connectivity index (χ0) is 19.0. The first-order chi connectivity index (χ1) is 11.9. The molecule has 6 nitrogen and oxygen atoms in total. The Bertz CT molecular complexity index is 554. The number of ether oxygens (including phenoxy) is 1. The van der Waals surface area contributed by atoms with E-state index in [0.29, 0.717) is 11.6 Å². The first-order valence-corrected chi connectivity index (χ1v) is 9.00. The average molecular weight is 349 g/mol. The Balaban J connectivity index is 2.92. The first kappa shape index (κ1) is 20.9. The molecule has 0 spiro atoms. The van der Waals surface area contributed by atoms with E-state index < -0.39 is 12.0 Å². The quantitative estimate of drug-likeness (QED) is 0.694. The summed E-state index contributed by atoms with van der Waals surface area (Å²) in [7, 11) is 1.34. The lowest BCUT2D eigenvalue weighted by Gasteiger charge is -2.26. The molecule has 0 saturated carbocycles. The fraction of sp³-hybridized carbons (Fsp3) is 0.632. The number of nitrogens with one attached hydrogen (secondary N) is 1. The molecule has 1 unspecified atom stereocenters. The highest BCUT2D eigenvalue weighted by Gasteiger charge is 2.29. The summed E-state index contributed by atoms with van der Waals surface area (Å²) in [5.41, 5.74) is 0.434. The van der Waals surface area contributed by atoms with Crippen LogP contribution in [-0.2, 0) is 9.53 Å². The van der Waals surface area contributed by atoms with Crippen molar-refractivity contribution in [3.8, 4) is 0 Å². The minimum absolute atomic E-state index is 0.0418. The van der Waals surface area contributed by atoms with Crippen molar-refractivity contribution in [1.82, 2.24) is 10.3 Å². The lowest BCUT2D eigenvalue weighted by molar-refractivity contribution is -0.144. The van der Waals surface area contributed by atoms with Gasteiger partial charge in [0.25, 0.3) is 5.91 Å². The van der Waals surface area contributed by atoms with Gasteiger partial charge in [0.2, 0.25) is 0 Å². The van der Waals surface area contributed by atoms with E-state index in [0.717, 1.165) is 25.2 Å². The van der Waals surface area contributed by atoms with Crippen LogP contribution in [0, 0.1) is 5.92 Å². The van der Waals surface area contributed by atoms with Gasteiger partial charge in [0.05, 0.1) is 12.7 Å². The summed E-state index contributed by atoms with van der Waals surface area (Å²) in [6, 6.07) is 3.26. The Hall–Kier alpha value is -2.11. The van der Waals surface area contributed by atoms with Gasteiger partial charge in [-0.05, 0) is 38.8 Å². The number of rotatable bonds is 9. The van der Waals surface area contributed by atoms with Crippen molar-refractivity contribution in [2.24, 2.45) is 5.92 Å². The van der Waals surface area contributed by atoms with Gasteiger partial charge in [0.1, 0.15) is 11.9 Å². The summed E-state index contributed by atoms with van der Waals surface area (Å²) in [6.45, 7) is 11.1. The summed E-state index contributed by atoms with van der Waals surface area (Å²) >= 11 is 0. The molecule has 0 aromatic carbocycles. The number of pyridine rings is 1. The molecule has 1 heterocycles. The Labute approximate surface area is 151 Å². The number of carbonyl (C=O) groups excluding carboxylic acids is 2. The Morgan fingerprint density at radius 2 is 1.84 bits per heavy atom. The van der Waals surface area contributed by atoms with Crippen LogP contribution in [-0.4, -0.2) is 42.6 Å². The van der Waals surface area contributed by atoms with Crippen LogP contribution in [0.2, 0.25) is 0 Å². The van der Waals surface area contributed by atoms with Gasteiger partial charge in [-0.2, -0.15) is 0 Å². The van der Waals surface area contributed by atoms with E-state index in [1.54, 1.807) is 12.3 Å².